The summed E-state index contributed by atoms with van der Waals surface area (Å²) >= 11 is 0. The topological polar surface area (TPSA) is 78.9 Å². The molecule has 1 unspecified atom stereocenters. The van der Waals surface area contributed by atoms with Crippen LogP contribution in [0.2, 0.25) is 0 Å². The quantitative estimate of drug-likeness (QED) is 0.594. The number of ether oxygens (including phenoxy) is 1. The highest BCUT2D eigenvalue weighted by atomic mass is 16.5. The molecule has 1 rings (SSSR count). The summed E-state index contributed by atoms with van der Waals surface area (Å²) in [5, 5.41) is 11.6. The maximum atomic E-state index is 11.9. The Morgan fingerprint density at radius 3 is 2.62 bits per heavy atom. The molecule has 1 fully saturated rings. The average Bonchev–Trinajstić information content (AvgIpc) is 2.34. The zero-order valence-corrected chi connectivity index (χ0v) is 13.4. The highest BCUT2D eigenvalue weighted by molar-refractivity contribution is 5.78. The van der Waals surface area contributed by atoms with Crippen LogP contribution in [0.25, 0.3) is 0 Å². The van der Waals surface area contributed by atoms with Gasteiger partial charge in [-0.15, -0.1) is 0 Å². The number of carboxylic acid groups (broad SMARTS) is 1. The van der Waals surface area contributed by atoms with E-state index >= 15 is 0 Å². The standard InChI is InChI=1S/C15H28N2O4/c1-4-5-6-7-12(2)16-13(18)8-17-10-15(3,11-17)21-9-14(19)20/h12H,4-11H2,1-3H3,(H,16,18)(H,19,20). The minimum Gasteiger partial charge on any atom is -0.480 e. The Hall–Kier alpha value is -1.14. The van der Waals surface area contributed by atoms with Gasteiger partial charge in [0.1, 0.15) is 6.61 Å². The van der Waals surface area contributed by atoms with E-state index in [2.05, 4.69) is 12.2 Å². The van der Waals surface area contributed by atoms with Crippen LogP contribution < -0.4 is 5.32 Å². The molecule has 0 spiro atoms. The molecule has 6 nitrogen and oxygen atoms in total. The van der Waals surface area contributed by atoms with E-state index in [-0.39, 0.29) is 18.6 Å². The Bertz CT molecular complexity index is 354. The van der Waals surface area contributed by atoms with E-state index in [1.165, 1.54) is 12.8 Å². The van der Waals surface area contributed by atoms with Crippen LogP contribution in [0, 0.1) is 0 Å². The number of amides is 1. The molecule has 1 heterocycles. The van der Waals surface area contributed by atoms with Gasteiger partial charge in [-0.25, -0.2) is 4.79 Å². The molecule has 1 amide bonds. The Morgan fingerprint density at radius 1 is 1.38 bits per heavy atom. The maximum absolute atomic E-state index is 11.9. The summed E-state index contributed by atoms with van der Waals surface area (Å²) in [5.41, 5.74) is -0.439. The SMILES string of the molecule is CCCCCC(C)NC(=O)CN1CC(C)(OCC(=O)O)C1. The van der Waals surface area contributed by atoms with Crippen molar-refractivity contribution >= 4 is 11.9 Å². The fourth-order valence-corrected chi connectivity index (χ4v) is 2.64. The van der Waals surface area contributed by atoms with E-state index in [1.807, 2.05) is 18.7 Å². The smallest absolute Gasteiger partial charge is 0.329 e. The summed E-state index contributed by atoms with van der Waals surface area (Å²) in [6.45, 7) is 7.32. The van der Waals surface area contributed by atoms with Crippen LogP contribution in [0.1, 0.15) is 46.5 Å². The molecular weight excluding hydrogens is 272 g/mol. The summed E-state index contributed by atoms with van der Waals surface area (Å²) in [4.78, 5) is 24.3. The second-order valence-corrected chi connectivity index (χ2v) is 6.24. The zero-order chi connectivity index (χ0) is 15.9. The first kappa shape index (κ1) is 17.9. The Kier molecular flexibility index (Phi) is 7.11. The molecule has 0 aromatic carbocycles. The van der Waals surface area contributed by atoms with Gasteiger partial charge in [0.25, 0.3) is 0 Å². The molecule has 0 aromatic rings. The van der Waals surface area contributed by atoms with Gasteiger partial charge in [0.05, 0.1) is 12.1 Å². The third-order valence-electron chi connectivity index (χ3n) is 3.68. The van der Waals surface area contributed by atoms with Crippen molar-refractivity contribution in [2.24, 2.45) is 0 Å². The summed E-state index contributed by atoms with van der Waals surface area (Å²) in [5.74, 6) is -0.937. The van der Waals surface area contributed by atoms with E-state index in [0.29, 0.717) is 19.6 Å². The molecule has 1 saturated heterocycles. The molecule has 2 N–H and O–H groups in total. The zero-order valence-electron chi connectivity index (χ0n) is 13.4. The van der Waals surface area contributed by atoms with Gasteiger partial charge in [0.15, 0.2) is 0 Å². The first-order valence-corrected chi connectivity index (χ1v) is 7.72. The number of nitrogens with zero attached hydrogens (tertiary/aromatic N) is 1. The van der Waals surface area contributed by atoms with Crippen LogP contribution in [-0.2, 0) is 14.3 Å². The van der Waals surface area contributed by atoms with Crippen LogP contribution in [0.15, 0.2) is 0 Å². The molecule has 21 heavy (non-hydrogen) atoms. The molecule has 122 valence electrons. The van der Waals surface area contributed by atoms with Crippen molar-refractivity contribution in [2.75, 3.05) is 26.2 Å². The summed E-state index contributed by atoms with van der Waals surface area (Å²) in [6.07, 6.45) is 4.54. The largest absolute Gasteiger partial charge is 0.480 e. The highest BCUT2D eigenvalue weighted by Crippen LogP contribution is 2.23. The number of rotatable bonds is 10. The molecule has 0 aliphatic carbocycles. The van der Waals surface area contributed by atoms with Gasteiger partial charge >= 0.3 is 5.97 Å². The molecule has 0 saturated carbocycles. The van der Waals surface area contributed by atoms with Gasteiger partial charge in [-0.05, 0) is 20.3 Å². The van der Waals surface area contributed by atoms with Gasteiger partial charge in [0, 0.05) is 19.1 Å². The molecular formula is C15H28N2O4. The van der Waals surface area contributed by atoms with Crippen LogP contribution >= 0.6 is 0 Å². The Labute approximate surface area is 126 Å². The number of carbonyl (C=O) groups excluding carboxylic acids is 1. The van der Waals surface area contributed by atoms with E-state index in [9.17, 15) is 9.59 Å². The molecule has 1 aliphatic rings. The fraction of sp³-hybridized carbons (Fsp3) is 0.867. The monoisotopic (exact) mass is 300 g/mol. The minimum atomic E-state index is -0.965. The van der Waals surface area contributed by atoms with Crippen molar-refractivity contribution < 1.29 is 19.4 Å². The van der Waals surface area contributed by atoms with Crippen molar-refractivity contribution in [2.45, 2.75) is 58.1 Å². The van der Waals surface area contributed by atoms with Crippen LogP contribution in [0.4, 0.5) is 0 Å². The first-order chi connectivity index (χ1) is 9.84. The van der Waals surface area contributed by atoms with Gasteiger partial charge in [-0.1, -0.05) is 26.2 Å². The summed E-state index contributed by atoms with van der Waals surface area (Å²) in [6, 6.07) is 0.208. The minimum absolute atomic E-state index is 0.0271. The Morgan fingerprint density at radius 2 is 2.05 bits per heavy atom. The molecule has 0 radical (unpaired) electrons. The normalized spacial score (nSPS) is 18.8. The lowest BCUT2D eigenvalue weighted by molar-refractivity contribution is -0.166. The second kappa shape index (κ2) is 8.34. The third-order valence-corrected chi connectivity index (χ3v) is 3.68. The van der Waals surface area contributed by atoms with Gasteiger partial charge in [-0.2, -0.15) is 0 Å². The van der Waals surface area contributed by atoms with Crippen LogP contribution in [-0.4, -0.2) is 59.8 Å². The molecule has 0 bridgehead atoms. The maximum Gasteiger partial charge on any atom is 0.329 e. The lowest BCUT2D eigenvalue weighted by Crippen LogP contribution is -2.63. The molecule has 1 atom stereocenters. The number of aliphatic carboxylic acids is 1. The number of likely N-dealkylation sites (tertiary alicyclic amines) is 1. The number of hydrogen-bond acceptors (Lipinski definition) is 4. The predicted molar refractivity (Wildman–Crippen MR) is 80.2 cm³/mol. The lowest BCUT2D eigenvalue weighted by atomic mass is 9.96. The second-order valence-electron chi connectivity index (χ2n) is 6.24. The van der Waals surface area contributed by atoms with E-state index in [4.69, 9.17) is 9.84 Å². The molecule has 6 heteroatoms. The van der Waals surface area contributed by atoms with Gasteiger partial charge in [0.2, 0.25) is 5.91 Å². The van der Waals surface area contributed by atoms with E-state index < -0.39 is 11.6 Å². The summed E-state index contributed by atoms with van der Waals surface area (Å²) in [7, 11) is 0. The van der Waals surface area contributed by atoms with E-state index in [1.54, 1.807) is 0 Å². The number of carbonyl (C=O) groups is 2. The predicted octanol–water partition coefficient (Wildman–Crippen LogP) is 1.25. The van der Waals surface area contributed by atoms with Crippen molar-refractivity contribution in [1.29, 1.82) is 0 Å². The van der Waals surface area contributed by atoms with Gasteiger partial charge in [-0.3, -0.25) is 9.69 Å². The Balaban J connectivity index is 2.15. The lowest BCUT2D eigenvalue weighted by Gasteiger charge is -2.47. The van der Waals surface area contributed by atoms with Crippen molar-refractivity contribution in [3.63, 3.8) is 0 Å². The van der Waals surface area contributed by atoms with Crippen LogP contribution in [0.5, 0.6) is 0 Å². The van der Waals surface area contributed by atoms with Crippen molar-refractivity contribution in [3.8, 4) is 0 Å². The molecule has 1 aliphatic heterocycles. The van der Waals surface area contributed by atoms with Gasteiger partial charge < -0.3 is 15.2 Å². The summed E-state index contributed by atoms with van der Waals surface area (Å²) < 4.78 is 5.31. The number of unbranched alkanes of at least 4 members (excludes halogenated alkanes) is 2. The van der Waals surface area contributed by atoms with Crippen molar-refractivity contribution in [1.82, 2.24) is 10.2 Å². The first-order valence-electron chi connectivity index (χ1n) is 7.72. The number of nitrogens with one attached hydrogen (secondary N) is 1. The van der Waals surface area contributed by atoms with Crippen molar-refractivity contribution in [3.05, 3.63) is 0 Å². The van der Waals surface area contributed by atoms with Crippen LogP contribution in [0.3, 0.4) is 0 Å². The highest BCUT2D eigenvalue weighted by Gasteiger charge is 2.40. The fourth-order valence-electron chi connectivity index (χ4n) is 2.64. The molecule has 0 aromatic heterocycles. The van der Waals surface area contributed by atoms with E-state index in [0.717, 1.165) is 12.8 Å². The number of hydrogen-bond donors (Lipinski definition) is 2. The average molecular weight is 300 g/mol. The number of carboxylic acids is 1. The third kappa shape index (κ3) is 6.91.